The van der Waals surface area contributed by atoms with Crippen LogP contribution in [0.5, 0.6) is 11.9 Å². The Morgan fingerprint density at radius 2 is 2.03 bits per heavy atom. The predicted molar refractivity (Wildman–Crippen MR) is 101 cm³/mol. The zero-order chi connectivity index (χ0) is 21.0. The van der Waals surface area contributed by atoms with Gasteiger partial charge in [-0.25, -0.2) is 8.78 Å². The van der Waals surface area contributed by atoms with Gasteiger partial charge in [-0.1, -0.05) is 0 Å². The highest BCUT2D eigenvalue weighted by atomic mass is 19.3. The molecule has 2 aromatic rings. The van der Waals surface area contributed by atoms with Crippen LogP contribution >= 0.6 is 0 Å². The summed E-state index contributed by atoms with van der Waals surface area (Å²) in [5.41, 5.74) is 1.06. The van der Waals surface area contributed by atoms with Crippen LogP contribution in [0.2, 0.25) is 0 Å². The van der Waals surface area contributed by atoms with Crippen LogP contribution in [0.15, 0.2) is 12.1 Å². The van der Waals surface area contributed by atoms with E-state index in [0.29, 0.717) is 36.2 Å². The number of fused-ring (bicyclic) bond motifs is 1. The zero-order valence-corrected chi connectivity index (χ0v) is 16.7. The Morgan fingerprint density at radius 1 is 1.28 bits per heavy atom. The van der Waals surface area contributed by atoms with E-state index in [-0.39, 0.29) is 24.1 Å². The van der Waals surface area contributed by atoms with Gasteiger partial charge in [0.2, 0.25) is 11.8 Å². The summed E-state index contributed by atoms with van der Waals surface area (Å²) in [7, 11) is 1.66. The molecule has 1 fully saturated rings. The molecule has 0 aromatic carbocycles. The van der Waals surface area contributed by atoms with Gasteiger partial charge in [-0.2, -0.15) is 9.97 Å². The molecule has 10 heteroatoms. The first kappa shape index (κ1) is 21.2. The van der Waals surface area contributed by atoms with Gasteiger partial charge < -0.3 is 19.5 Å². The first-order chi connectivity index (χ1) is 13.8. The molecule has 0 unspecified atom stereocenters. The van der Waals surface area contributed by atoms with Gasteiger partial charge in [-0.05, 0) is 31.7 Å². The predicted octanol–water partition coefficient (Wildman–Crippen LogP) is 2.31. The number of nitrogens with zero attached hydrogens (tertiary/aromatic N) is 3. The number of ether oxygens (including phenoxy) is 3. The lowest BCUT2D eigenvalue weighted by Gasteiger charge is -2.35. The Labute approximate surface area is 167 Å². The standard InChI is InChI=1S/C19H26F2N4O4/c1-11(22-12(2)26)8-27-14-6-13(7-14)9-28-17-5-4-15-18(24-17)25(3)19(23-15)29-10-16(20)21/h4-5,11,13-14,16H,6-10H2,1-3H3,(H,22,26)/t11-,13-,14-/m0/s1. The zero-order valence-electron chi connectivity index (χ0n) is 16.7. The molecule has 2 aromatic heterocycles. The third kappa shape index (κ3) is 5.75. The van der Waals surface area contributed by atoms with Crippen molar-refractivity contribution < 1.29 is 27.8 Å². The summed E-state index contributed by atoms with van der Waals surface area (Å²) in [5, 5.41) is 2.79. The van der Waals surface area contributed by atoms with Crippen LogP contribution in [-0.4, -0.2) is 58.8 Å². The van der Waals surface area contributed by atoms with E-state index in [9.17, 15) is 13.6 Å². The van der Waals surface area contributed by atoms with Crippen molar-refractivity contribution in [3.8, 4) is 11.9 Å². The number of imidazole rings is 1. The van der Waals surface area contributed by atoms with E-state index < -0.39 is 13.0 Å². The number of alkyl halides is 2. The van der Waals surface area contributed by atoms with Gasteiger partial charge in [0, 0.05) is 26.1 Å². The average molecular weight is 412 g/mol. The fourth-order valence-corrected chi connectivity index (χ4v) is 3.19. The summed E-state index contributed by atoms with van der Waals surface area (Å²) in [6.45, 7) is 3.69. The quantitative estimate of drug-likeness (QED) is 0.644. The van der Waals surface area contributed by atoms with Crippen molar-refractivity contribution in [1.82, 2.24) is 19.9 Å². The summed E-state index contributed by atoms with van der Waals surface area (Å²) in [5.74, 6) is 0.765. The number of hydrogen-bond donors (Lipinski definition) is 1. The van der Waals surface area contributed by atoms with Gasteiger partial charge >= 0.3 is 0 Å². The first-order valence-electron chi connectivity index (χ1n) is 9.57. The number of nitrogens with one attached hydrogen (secondary N) is 1. The van der Waals surface area contributed by atoms with Gasteiger partial charge in [0.1, 0.15) is 5.52 Å². The topological polar surface area (TPSA) is 87.5 Å². The Morgan fingerprint density at radius 3 is 2.72 bits per heavy atom. The normalized spacial score (nSPS) is 19.8. The molecule has 1 aliphatic rings. The maximum atomic E-state index is 12.3. The molecule has 3 rings (SSSR count). The largest absolute Gasteiger partial charge is 0.477 e. The van der Waals surface area contributed by atoms with E-state index >= 15 is 0 Å². The van der Waals surface area contributed by atoms with Crippen LogP contribution in [0.1, 0.15) is 26.7 Å². The molecule has 1 amide bonds. The Balaban J connectivity index is 1.44. The monoisotopic (exact) mass is 412 g/mol. The molecule has 1 aliphatic carbocycles. The Kier molecular flexibility index (Phi) is 6.83. The molecule has 1 atom stereocenters. The fourth-order valence-electron chi connectivity index (χ4n) is 3.19. The SMILES string of the molecule is CC(=O)N[C@@H](C)CO[C@H]1C[C@H](COc2ccc3nc(OCC(F)F)n(C)c3n2)C1. The maximum Gasteiger partial charge on any atom is 0.298 e. The van der Waals surface area contributed by atoms with E-state index in [4.69, 9.17) is 14.2 Å². The molecule has 2 heterocycles. The molecule has 0 radical (unpaired) electrons. The number of amides is 1. The van der Waals surface area contributed by atoms with Gasteiger partial charge in [0.05, 0.1) is 19.3 Å². The molecule has 1 N–H and O–H groups in total. The van der Waals surface area contributed by atoms with Gasteiger partial charge in [0.25, 0.3) is 12.4 Å². The second-order valence-electron chi connectivity index (χ2n) is 7.35. The Bertz CT molecular complexity index is 839. The molecule has 8 nitrogen and oxygen atoms in total. The van der Waals surface area contributed by atoms with Crippen LogP contribution in [-0.2, 0) is 16.6 Å². The lowest BCUT2D eigenvalue weighted by Crippen LogP contribution is -2.40. The van der Waals surface area contributed by atoms with Crippen LogP contribution in [0.4, 0.5) is 8.78 Å². The lowest BCUT2D eigenvalue weighted by atomic mass is 9.83. The highest BCUT2D eigenvalue weighted by molar-refractivity contribution is 5.73. The summed E-state index contributed by atoms with van der Waals surface area (Å²) in [6, 6.07) is 3.52. The number of aryl methyl sites for hydroxylation is 1. The molecule has 0 bridgehead atoms. The third-order valence-electron chi connectivity index (χ3n) is 4.68. The second-order valence-corrected chi connectivity index (χ2v) is 7.35. The van der Waals surface area contributed by atoms with E-state index in [1.807, 2.05) is 6.92 Å². The minimum Gasteiger partial charge on any atom is -0.477 e. The Hall–Kier alpha value is -2.49. The fraction of sp³-hybridized carbons (Fsp3) is 0.632. The van der Waals surface area contributed by atoms with Crippen molar-refractivity contribution in [2.24, 2.45) is 13.0 Å². The van der Waals surface area contributed by atoms with Crippen molar-refractivity contribution in [1.29, 1.82) is 0 Å². The number of halogens is 2. The number of rotatable bonds is 10. The smallest absolute Gasteiger partial charge is 0.298 e. The molecular weight excluding hydrogens is 386 g/mol. The highest BCUT2D eigenvalue weighted by Gasteiger charge is 2.31. The average Bonchev–Trinajstić information content (AvgIpc) is 2.93. The molecule has 0 aliphatic heterocycles. The van der Waals surface area contributed by atoms with E-state index in [1.54, 1.807) is 19.2 Å². The van der Waals surface area contributed by atoms with Crippen molar-refractivity contribution in [3.63, 3.8) is 0 Å². The van der Waals surface area contributed by atoms with Gasteiger partial charge in [0.15, 0.2) is 12.3 Å². The molecule has 160 valence electrons. The van der Waals surface area contributed by atoms with Crippen molar-refractivity contribution in [2.75, 3.05) is 19.8 Å². The van der Waals surface area contributed by atoms with Crippen LogP contribution < -0.4 is 14.8 Å². The van der Waals surface area contributed by atoms with E-state index in [0.717, 1.165) is 12.8 Å². The summed E-state index contributed by atoms with van der Waals surface area (Å²) in [6.07, 6.45) is -0.592. The maximum absolute atomic E-state index is 12.3. The van der Waals surface area contributed by atoms with Crippen molar-refractivity contribution in [2.45, 2.75) is 45.3 Å². The number of hydrogen-bond acceptors (Lipinski definition) is 6. The first-order valence-corrected chi connectivity index (χ1v) is 9.57. The van der Waals surface area contributed by atoms with E-state index in [1.165, 1.54) is 11.5 Å². The van der Waals surface area contributed by atoms with Crippen LogP contribution in [0, 0.1) is 5.92 Å². The van der Waals surface area contributed by atoms with Crippen molar-refractivity contribution in [3.05, 3.63) is 12.1 Å². The summed E-state index contributed by atoms with van der Waals surface area (Å²) < 4.78 is 42.7. The number of carbonyl (C=O) groups is 1. The molecule has 0 saturated heterocycles. The van der Waals surface area contributed by atoms with Crippen LogP contribution in [0.3, 0.4) is 0 Å². The molecule has 29 heavy (non-hydrogen) atoms. The summed E-state index contributed by atoms with van der Waals surface area (Å²) in [4.78, 5) is 19.5. The second kappa shape index (κ2) is 9.34. The van der Waals surface area contributed by atoms with Crippen LogP contribution in [0.25, 0.3) is 11.2 Å². The van der Waals surface area contributed by atoms with E-state index in [2.05, 4.69) is 15.3 Å². The third-order valence-corrected chi connectivity index (χ3v) is 4.68. The van der Waals surface area contributed by atoms with Crippen molar-refractivity contribution >= 4 is 17.1 Å². The lowest BCUT2D eigenvalue weighted by molar-refractivity contribution is -0.120. The molecule has 1 saturated carbocycles. The minimum absolute atomic E-state index is 0.00723. The molecular formula is C19H26F2N4O4. The van der Waals surface area contributed by atoms with Gasteiger partial charge in [-0.15, -0.1) is 0 Å². The number of aromatic nitrogens is 3. The number of pyridine rings is 1. The minimum atomic E-state index is -2.56. The number of carbonyl (C=O) groups excluding carboxylic acids is 1. The highest BCUT2D eigenvalue weighted by Crippen LogP contribution is 2.31. The summed E-state index contributed by atoms with van der Waals surface area (Å²) >= 11 is 0. The molecule has 0 spiro atoms. The van der Waals surface area contributed by atoms with Gasteiger partial charge in [-0.3, -0.25) is 9.36 Å².